The average molecular weight is 296 g/mol. The summed E-state index contributed by atoms with van der Waals surface area (Å²) < 4.78 is 9.92. The van der Waals surface area contributed by atoms with Crippen LogP contribution in [0.2, 0.25) is 0 Å². The van der Waals surface area contributed by atoms with Crippen LogP contribution in [0, 0.1) is 0 Å². The Hall–Kier alpha value is -1.82. The smallest absolute Gasteiger partial charge is 0.305 e. The lowest BCUT2D eigenvalue weighted by Crippen LogP contribution is -2.29. The van der Waals surface area contributed by atoms with Gasteiger partial charge in [-0.05, 0) is 49.8 Å². The van der Waals surface area contributed by atoms with Gasteiger partial charge in [0.2, 0.25) is 0 Å². The summed E-state index contributed by atoms with van der Waals surface area (Å²) >= 11 is 5.16. The highest BCUT2D eigenvalue weighted by Crippen LogP contribution is 2.14. The van der Waals surface area contributed by atoms with Crippen molar-refractivity contribution in [2.24, 2.45) is 0 Å². The summed E-state index contributed by atoms with van der Waals surface area (Å²) in [6, 6.07) is 7.47. The summed E-state index contributed by atoms with van der Waals surface area (Å²) in [5.74, 6) is 0.618. The molecule has 0 amide bonds. The largest absolute Gasteiger partial charge is 0.497 e. The number of esters is 1. The van der Waals surface area contributed by atoms with Crippen molar-refractivity contribution >= 4 is 29.0 Å². The third-order valence-corrected chi connectivity index (χ3v) is 2.74. The van der Waals surface area contributed by atoms with E-state index in [0.29, 0.717) is 31.1 Å². The zero-order valence-electron chi connectivity index (χ0n) is 11.8. The summed E-state index contributed by atoms with van der Waals surface area (Å²) in [4.78, 5) is 11.1. The van der Waals surface area contributed by atoms with Gasteiger partial charge in [0.25, 0.3) is 0 Å². The number of ether oxygens (including phenoxy) is 2. The Bertz CT molecular complexity index is 435. The van der Waals surface area contributed by atoms with E-state index in [1.54, 1.807) is 14.0 Å². The van der Waals surface area contributed by atoms with Crippen molar-refractivity contribution in [3.05, 3.63) is 24.3 Å². The zero-order valence-corrected chi connectivity index (χ0v) is 12.6. The summed E-state index contributed by atoms with van der Waals surface area (Å²) in [6.07, 6.45) is 1.08. The van der Waals surface area contributed by atoms with E-state index in [9.17, 15) is 4.79 Å². The van der Waals surface area contributed by atoms with Crippen molar-refractivity contribution in [1.29, 1.82) is 0 Å². The lowest BCUT2D eigenvalue weighted by atomic mass is 10.3. The van der Waals surface area contributed by atoms with Crippen LogP contribution in [0.25, 0.3) is 0 Å². The molecule has 2 N–H and O–H groups in total. The number of thiocarbonyl (C=S) groups is 1. The molecule has 0 bridgehead atoms. The van der Waals surface area contributed by atoms with Crippen molar-refractivity contribution in [2.75, 3.05) is 25.6 Å². The molecule has 0 aliphatic carbocycles. The Balaban J connectivity index is 2.21. The number of benzene rings is 1. The van der Waals surface area contributed by atoms with Crippen LogP contribution in [0.3, 0.4) is 0 Å². The van der Waals surface area contributed by atoms with Crippen LogP contribution in [0.4, 0.5) is 5.69 Å². The molecule has 0 heterocycles. The quantitative estimate of drug-likeness (QED) is 0.457. The normalized spacial score (nSPS) is 9.70. The average Bonchev–Trinajstić information content (AvgIpc) is 2.45. The van der Waals surface area contributed by atoms with Gasteiger partial charge in [-0.3, -0.25) is 4.79 Å². The predicted octanol–water partition coefficient (Wildman–Crippen LogP) is 2.32. The molecular weight excluding hydrogens is 276 g/mol. The number of hydrogen-bond acceptors (Lipinski definition) is 4. The maximum atomic E-state index is 11.1. The number of carbonyl (C=O) groups is 1. The molecule has 0 spiro atoms. The van der Waals surface area contributed by atoms with Gasteiger partial charge in [0, 0.05) is 18.7 Å². The van der Waals surface area contributed by atoms with Gasteiger partial charge in [0.05, 0.1) is 13.7 Å². The van der Waals surface area contributed by atoms with Crippen LogP contribution in [0.1, 0.15) is 19.8 Å². The van der Waals surface area contributed by atoms with E-state index in [1.165, 1.54) is 0 Å². The van der Waals surface area contributed by atoms with Gasteiger partial charge in [0.1, 0.15) is 5.75 Å². The third kappa shape index (κ3) is 6.38. The molecule has 0 saturated carbocycles. The van der Waals surface area contributed by atoms with Crippen molar-refractivity contribution in [2.45, 2.75) is 19.8 Å². The summed E-state index contributed by atoms with van der Waals surface area (Å²) in [6.45, 7) is 2.84. The van der Waals surface area contributed by atoms with Gasteiger partial charge in [-0.2, -0.15) is 0 Å². The zero-order chi connectivity index (χ0) is 14.8. The van der Waals surface area contributed by atoms with E-state index >= 15 is 0 Å². The molecule has 0 aliphatic rings. The minimum absolute atomic E-state index is 0.177. The number of nitrogens with one attached hydrogen (secondary N) is 2. The molecule has 0 unspecified atom stereocenters. The summed E-state index contributed by atoms with van der Waals surface area (Å²) in [5.41, 5.74) is 0.883. The lowest BCUT2D eigenvalue weighted by molar-refractivity contribution is -0.143. The van der Waals surface area contributed by atoms with Crippen molar-refractivity contribution in [3.8, 4) is 5.75 Å². The van der Waals surface area contributed by atoms with Crippen LogP contribution in [0.5, 0.6) is 5.75 Å². The Kier molecular flexibility index (Phi) is 7.42. The molecule has 0 atom stereocenters. The first kappa shape index (κ1) is 16.2. The summed E-state index contributed by atoms with van der Waals surface area (Å²) in [7, 11) is 1.62. The summed E-state index contributed by atoms with van der Waals surface area (Å²) in [5, 5.41) is 6.62. The number of hydrogen-bond donors (Lipinski definition) is 2. The molecule has 5 nitrogen and oxygen atoms in total. The van der Waals surface area contributed by atoms with Crippen LogP contribution in [-0.4, -0.2) is 31.3 Å². The molecule has 110 valence electrons. The van der Waals surface area contributed by atoms with E-state index < -0.39 is 0 Å². The number of methoxy groups -OCH3 is 1. The van der Waals surface area contributed by atoms with Crippen LogP contribution in [0.15, 0.2) is 24.3 Å². The molecular formula is C14H20N2O3S. The van der Waals surface area contributed by atoms with Crippen molar-refractivity contribution in [3.63, 3.8) is 0 Å². The Morgan fingerprint density at radius 2 is 2.00 bits per heavy atom. The van der Waals surface area contributed by atoms with Gasteiger partial charge in [-0.1, -0.05) is 0 Å². The van der Waals surface area contributed by atoms with Gasteiger partial charge >= 0.3 is 5.97 Å². The molecule has 0 saturated heterocycles. The second-order valence-corrected chi connectivity index (χ2v) is 4.43. The van der Waals surface area contributed by atoms with Crippen molar-refractivity contribution in [1.82, 2.24) is 5.32 Å². The molecule has 20 heavy (non-hydrogen) atoms. The van der Waals surface area contributed by atoms with Gasteiger partial charge < -0.3 is 20.1 Å². The van der Waals surface area contributed by atoms with Crippen LogP contribution in [-0.2, 0) is 9.53 Å². The predicted molar refractivity (Wildman–Crippen MR) is 83.1 cm³/mol. The van der Waals surface area contributed by atoms with E-state index in [2.05, 4.69) is 10.6 Å². The molecule has 0 aliphatic heterocycles. The van der Waals surface area contributed by atoms with Crippen LogP contribution >= 0.6 is 12.2 Å². The first-order chi connectivity index (χ1) is 9.65. The molecule has 1 aromatic carbocycles. The van der Waals surface area contributed by atoms with Gasteiger partial charge in [-0.15, -0.1) is 0 Å². The molecule has 1 aromatic rings. The Labute approximate surface area is 124 Å². The maximum Gasteiger partial charge on any atom is 0.305 e. The molecule has 0 radical (unpaired) electrons. The van der Waals surface area contributed by atoms with Crippen molar-refractivity contribution < 1.29 is 14.3 Å². The van der Waals surface area contributed by atoms with E-state index in [-0.39, 0.29) is 5.97 Å². The second-order valence-electron chi connectivity index (χ2n) is 4.02. The first-order valence-electron chi connectivity index (χ1n) is 6.50. The fraction of sp³-hybridized carbons (Fsp3) is 0.429. The number of anilines is 1. The van der Waals surface area contributed by atoms with Crippen LogP contribution < -0.4 is 15.4 Å². The molecule has 6 heteroatoms. The molecule has 1 rings (SSSR count). The third-order valence-electron chi connectivity index (χ3n) is 2.50. The molecule has 0 fully saturated rings. The number of carbonyl (C=O) groups excluding carboxylic acids is 1. The highest BCUT2D eigenvalue weighted by molar-refractivity contribution is 7.80. The Morgan fingerprint density at radius 3 is 2.60 bits per heavy atom. The van der Waals surface area contributed by atoms with E-state index in [1.807, 2.05) is 24.3 Å². The van der Waals surface area contributed by atoms with E-state index in [0.717, 1.165) is 11.4 Å². The molecule has 0 aromatic heterocycles. The maximum absolute atomic E-state index is 11.1. The topological polar surface area (TPSA) is 59.6 Å². The van der Waals surface area contributed by atoms with Gasteiger partial charge in [0.15, 0.2) is 5.11 Å². The minimum Gasteiger partial charge on any atom is -0.497 e. The van der Waals surface area contributed by atoms with E-state index in [4.69, 9.17) is 21.7 Å². The number of rotatable bonds is 7. The Morgan fingerprint density at radius 1 is 1.30 bits per heavy atom. The highest BCUT2D eigenvalue weighted by Gasteiger charge is 2.02. The monoisotopic (exact) mass is 296 g/mol. The fourth-order valence-corrected chi connectivity index (χ4v) is 1.74. The highest BCUT2D eigenvalue weighted by atomic mass is 32.1. The fourth-order valence-electron chi connectivity index (χ4n) is 1.52. The SMILES string of the molecule is CCOC(=O)CCCNC(=S)Nc1ccc(OC)cc1. The first-order valence-corrected chi connectivity index (χ1v) is 6.91. The van der Waals surface area contributed by atoms with Gasteiger partial charge in [-0.25, -0.2) is 0 Å². The lowest BCUT2D eigenvalue weighted by Gasteiger charge is -2.10. The minimum atomic E-state index is -0.177. The standard InChI is InChI=1S/C14H20N2O3S/c1-3-19-13(17)5-4-10-15-14(20)16-11-6-8-12(18-2)9-7-11/h6-9H,3-5,10H2,1-2H3,(H2,15,16,20). The second kappa shape index (κ2) is 9.14.